The van der Waals surface area contributed by atoms with E-state index in [2.05, 4.69) is 15.0 Å². The third kappa shape index (κ3) is 4.03. The van der Waals surface area contributed by atoms with Crippen molar-refractivity contribution < 1.29 is 8.42 Å². The summed E-state index contributed by atoms with van der Waals surface area (Å²) in [6, 6.07) is 1.89. The second-order valence-electron chi connectivity index (χ2n) is 3.55. The topological polar surface area (TPSA) is 74.0 Å². The molecule has 0 saturated carbocycles. The first-order valence-corrected chi connectivity index (χ1v) is 6.36. The van der Waals surface area contributed by atoms with Gasteiger partial charge in [-0.05, 0) is 6.07 Å². The molecule has 1 aromatic heterocycles. The fraction of sp³-hybridized carbons (Fsp3) is 0.556. The van der Waals surface area contributed by atoms with Crippen molar-refractivity contribution in [1.82, 2.24) is 15.0 Å². The van der Waals surface area contributed by atoms with Gasteiger partial charge in [-0.3, -0.25) is 0 Å². The van der Waals surface area contributed by atoms with E-state index < -0.39 is 10.0 Å². The summed E-state index contributed by atoms with van der Waals surface area (Å²) in [5, 5.41) is 3.13. The Hall–Kier alpha value is -0.850. The van der Waals surface area contributed by atoms with Gasteiger partial charge in [0.2, 0.25) is 10.0 Å². The van der Waals surface area contributed by atoms with E-state index in [0.29, 0.717) is 19.1 Å². The van der Waals surface area contributed by atoms with Gasteiger partial charge in [-0.25, -0.2) is 13.1 Å². The predicted molar refractivity (Wildman–Crippen MR) is 59.1 cm³/mol. The van der Waals surface area contributed by atoms with Crippen molar-refractivity contribution in [1.29, 1.82) is 0 Å². The molecule has 0 amide bonds. The summed E-state index contributed by atoms with van der Waals surface area (Å²) in [6.45, 7) is 5.05. The lowest BCUT2D eigenvalue weighted by Crippen LogP contribution is -2.34. The van der Waals surface area contributed by atoms with Gasteiger partial charge in [0, 0.05) is 31.5 Å². The molecule has 0 aliphatic carbocycles. The van der Waals surface area contributed by atoms with Crippen LogP contribution in [0.15, 0.2) is 23.4 Å². The minimum atomic E-state index is -3.34. The zero-order chi connectivity index (χ0) is 11.3. The van der Waals surface area contributed by atoms with E-state index in [1.54, 1.807) is 6.20 Å². The summed E-state index contributed by atoms with van der Waals surface area (Å²) in [4.78, 5) is 2.98. The Kier molecular flexibility index (Phi) is 4.31. The molecule has 0 aliphatic heterocycles. The van der Waals surface area contributed by atoms with Crippen LogP contribution in [0.4, 0.5) is 0 Å². The molecule has 1 rings (SSSR count). The fourth-order valence-corrected chi connectivity index (χ4v) is 2.11. The Morgan fingerprint density at radius 3 is 2.67 bits per heavy atom. The Balaban J connectivity index is 2.39. The molecule has 1 aromatic rings. The third-order valence-electron chi connectivity index (χ3n) is 1.85. The fourth-order valence-electron chi connectivity index (χ4n) is 1.11. The zero-order valence-corrected chi connectivity index (χ0v) is 9.76. The summed E-state index contributed by atoms with van der Waals surface area (Å²) < 4.78 is 25.7. The highest BCUT2D eigenvalue weighted by Crippen LogP contribution is 2.04. The molecule has 0 spiro atoms. The van der Waals surface area contributed by atoms with Gasteiger partial charge in [0.25, 0.3) is 0 Å². The van der Waals surface area contributed by atoms with Crippen molar-refractivity contribution in [2.24, 2.45) is 0 Å². The van der Waals surface area contributed by atoms with E-state index in [1.807, 2.05) is 13.8 Å². The first-order valence-electron chi connectivity index (χ1n) is 4.88. The van der Waals surface area contributed by atoms with Gasteiger partial charge in [-0.1, -0.05) is 13.8 Å². The van der Waals surface area contributed by atoms with Gasteiger partial charge in [-0.15, -0.1) is 0 Å². The maximum atomic E-state index is 11.6. The molecule has 0 radical (unpaired) electrons. The molecule has 6 heteroatoms. The quantitative estimate of drug-likeness (QED) is 0.616. The summed E-state index contributed by atoms with van der Waals surface area (Å²) in [5.74, 6) is 0. The molecule has 0 saturated heterocycles. The van der Waals surface area contributed by atoms with Crippen molar-refractivity contribution in [2.75, 3.05) is 13.1 Å². The van der Waals surface area contributed by atoms with Crippen LogP contribution in [0.1, 0.15) is 13.8 Å². The zero-order valence-electron chi connectivity index (χ0n) is 8.95. The summed E-state index contributed by atoms with van der Waals surface area (Å²) >= 11 is 0. The predicted octanol–water partition coefficient (Wildman–Crippen LogP) is 0.291. The van der Waals surface area contributed by atoms with E-state index in [0.717, 1.165) is 0 Å². The minimum absolute atomic E-state index is 0.270. The van der Waals surface area contributed by atoms with Crippen LogP contribution in [-0.4, -0.2) is 32.5 Å². The summed E-state index contributed by atoms with van der Waals surface area (Å²) in [5.41, 5.74) is 0. The monoisotopic (exact) mass is 231 g/mol. The maximum Gasteiger partial charge on any atom is 0.242 e. The van der Waals surface area contributed by atoms with E-state index in [1.165, 1.54) is 12.3 Å². The van der Waals surface area contributed by atoms with Crippen LogP contribution in [0.2, 0.25) is 0 Å². The van der Waals surface area contributed by atoms with Crippen molar-refractivity contribution in [3.05, 3.63) is 18.5 Å². The summed E-state index contributed by atoms with van der Waals surface area (Å²) in [7, 11) is -3.34. The molecule has 0 bridgehead atoms. The van der Waals surface area contributed by atoms with Crippen LogP contribution in [-0.2, 0) is 10.0 Å². The normalized spacial score (nSPS) is 12.2. The van der Waals surface area contributed by atoms with Gasteiger partial charge in [-0.2, -0.15) is 0 Å². The molecule has 0 aliphatic rings. The highest BCUT2D eigenvalue weighted by molar-refractivity contribution is 7.89. The summed E-state index contributed by atoms with van der Waals surface area (Å²) in [6.07, 6.45) is 3.04. The number of aromatic nitrogens is 1. The molecule has 0 unspecified atom stereocenters. The third-order valence-corrected chi connectivity index (χ3v) is 3.31. The molecule has 86 valence electrons. The number of nitrogens with one attached hydrogen (secondary N) is 3. The Morgan fingerprint density at radius 2 is 2.13 bits per heavy atom. The number of rotatable bonds is 6. The smallest absolute Gasteiger partial charge is 0.242 e. The van der Waals surface area contributed by atoms with Crippen LogP contribution in [0, 0.1) is 0 Å². The first-order chi connectivity index (χ1) is 7.02. The number of hydrogen-bond acceptors (Lipinski definition) is 3. The maximum absolute atomic E-state index is 11.6. The lowest BCUT2D eigenvalue weighted by Gasteiger charge is -2.08. The Bertz CT molecular complexity index is 370. The second kappa shape index (κ2) is 5.29. The van der Waals surface area contributed by atoms with Crippen LogP contribution < -0.4 is 10.0 Å². The number of aromatic amines is 1. The van der Waals surface area contributed by atoms with E-state index in [-0.39, 0.29) is 4.90 Å². The minimum Gasteiger partial charge on any atom is -0.366 e. The van der Waals surface area contributed by atoms with Gasteiger partial charge < -0.3 is 10.3 Å². The largest absolute Gasteiger partial charge is 0.366 e. The second-order valence-corrected chi connectivity index (χ2v) is 5.32. The molecule has 1 heterocycles. The Morgan fingerprint density at radius 1 is 1.40 bits per heavy atom. The SMILES string of the molecule is CC(C)NCCNS(=O)(=O)c1cc[nH]c1. The average molecular weight is 231 g/mol. The Labute approximate surface area is 90.3 Å². The molecule has 5 nitrogen and oxygen atoms in total. The van der Waals surface area contributed by atoms with Crippen LogP contribution in [0.5, 0.6) is 0 Å². The standard InChI is InChI=1S/C9H17N3O2S/c1-8(2)11-5-6-12-15(13,14)9-3-4-10-7-9/h3-4,7-8,10-12H,5-6H2,1-2H3. The molecule has 0 aromatic carbocycles. The number of hydrogen-bond donors (Lipinski definition) is 3. The van der Waals surface area contributed by atoms with Crippen molar-refractivity contribution in [2.45, 2.75) is 24.8 Å². The van der Waals surface area contributed by atoms with Crippen molar-refractivity contribution in [3.8, 4) is 0 Å². The number of sulfonamides is 1. The first kappa shape index (κ1) is 12.2. The lowest BCUT2D eigenvalue weighted by molar-refractivity contribution is 0.560. The molecule has 0 fully saturated rings. The highest BCUT2D eigenvalue weighted by atomic mass is 32.2. The molecule has 0 atom stereocenters. The molecular formula is C9H17N3O2S. The van der Waals surface area contributed by atoms with Crippen LogP contribution in [0.3, 0.4) is 0 Å². The molecule has 15 heavy (non-hydrogen) atoms. The van der Waals surface area contributed by atoms with Crippen LogP contribution >= 0.6 is 0 Å². The van der Waals surface area contributed by atoms with Crippen molar-refractivity contribution >= 4 is 10.0 Å². The number of H-pyrrole nitrogens is 1. The average Bonchev–Trinajstić information content (AvgIpc) is 2.65. The van der Waals surface area contributed by atoms with E-state index >= 15 is 0 Å². The van der Waals surface area contributed by atoms with Crippen LogP contribution in [0.25, 0.3) is 0 Å². The molecule has 3 N–H and O–H groups in total. The van der Waals surface area contributed by atoms with E-state index in [9.17, 15) is 8.42 Å². The van der Waals surface area contributed by atoms with Gasteiger partial charge in [0.05, 0.1) is 4.90 Å². The van der Waals surface area contributed by atoms with E-state index in [4.69, 9.17) is 0 Å². The van der Waals surface area contributed by atoms with Gasteiger partial charge in [0.1, 0.15) is 0 Å². The van der Waals surface area contributed by atoms with Gasteiger partial charge in [0.15, 0.2) is 0 Å². The van der Waals surface area contributed by atoms with Gasteiger partial charge >= 0.3 is 0 Å². The highest BCUT2D eigenvalue weighted by Gasteiger charge is 2.12. The van der Waals surface area contributed by atoms with Crippen molar-refractivity contribution in [3.63, 3.8) is 0 Å². The molecular weight excluding hydrogens is 214 g/mol. The lowest BCUT2D eigenvalue weighted by atomic mass is 10.4.